The maximum Gasteiger partial charge on any atom is 0.116 e. The second-order valence-electron chi connectivity index (χ2n) is 8.16. The van der Waals surface area contributed by atoms with Crippen LogP contribution in [0.1, 0.15) is 12.5 Å². The molecule has 5 nitrogen and oxygen atoms in total. The summed E-state index contributed by atoms with van der Waals surface area (Å²) < 4.78 is 0. The summed E-state index contributed by atoms with van der Waals surface area (Å²) in [7, 11) is 0. The van der Waals surface area contributed by atoms with Crippen LogP contribution in [0, 0.1) is 0 Å². The van der Waals surface area contributed by atoms with Crippen molar-refractivity contribution in [3.05, 3.63) is 83.3 Å². The summed E-state index contributed by atoms with van der Waals surface area (Å²) in [5.41, 5.74) is 9.96. The molecule has 0 aliphatic carbocycles. The fourth-order valence-corrected chi connectivity index (χ4v) is 5.02. The van der Waals surface area contributed by atoms with Crippen LogP contribution in [0.15, 0.2) is 77.8 Å². The molecule has 6 rings (SSSR count). The topological polar surface area (TPSA) is 69.4 Å². The average Bonchev–Trinajstić information content (AvgIpc) is 3.61. The Balaban J connectivity index is 1.44. The highest BCUT2D eigenvalue weighted by molar-refractivity contribution is 7.08. The highest BCUT2D eigenvalue weighted by Crippen LogP contribution is 2.35. The molecular weight excluding hydrogens is 426 g/mol. The molecule has 3 N–H and O–H groups in total. The molecule has 0 fully saturated rings. The van der Waals surface area contributed by atoms with Crippen molar-refractivity contribution in [2.24, 2.45) is 0 Å². The van der Waals surface area contributed by atoms with Gasteiger partial charge in [0.1, 0.15) is 5.69 Å². The first-order valence-corrected chi connectivity index (χ1v) is 12.0. The van der Waals surface area contributed by atoms with E-state index in [0.29, 0.717) is 0 Å². The molecule has 0 saturated carbocycles. The summed E-state index contributed by atoms with van der Waals surface area (Å²) >= 11 is 1.72. The number of hydrogen-bond acceptors (Lipinski definition) is 4. The van der Waals surface area contributed by atoms with Crippen LogP contribution in [0.25, 0.3) is 55.4 Å². The van der Waals surface area contributed by atoms with E-state index in [2.05, 4.69) is 97.8 Å². The number of nitrogens with one attached hydrogen (secondary N) is 3. The molecule has 0 radical (unpaired) electrons. The standard InChI is InChI=1S/C27H23N5S/c1-2-28-13-17-10-20(15-29-14-17)18-6-7-25-23(11-18)27(32-31-25)26-12-22-21(19-8-9-33-16-19)4-3-5-24(22)30-26/h3-12,14-16,28,30H,2,13H2,1H3,(H,31,32). The lowest BCUT2D eigenvalue weighted by atomic mass is 10.0. The van der Waals surface area contributed by atoms with E-state index in [1.807, 2.05) is 12.4 Å². The van der Waals surface area contributed by atoms with Crippen molar-refractivity contribution in [2.75, 3.05) is 6.54 Å². The van der Waals surface area contributed by atoms with Gasteiger partial charge in [0, 0.05) is 40.8 Å². The normalized spacial score (nSPS) is 11.5. The van der Waals surface area contributed by atoms with Gasteiger partial charge in [-0.05, 0) is 76.0 Å². The molecule has 0 spiro atoms. The van der Waals surface area contributed by atoms with Gasteiger partial charge >= 0.3 is 0 Å². The minimum Gasteiger partial charge on any atom is -0.353 e. The lowest BCUT2D eigenvalue weighted by Crippen LogP contribution is -2.11. The zero-order valence-electron chi connectivity index (χ0n) is 18.2. The van der Waals surface area contributed by atoms with Crippen LogP contribution in [0.4, 0.5) is 0 Å². The lowest BCUT2D eigenvalue weighted by Gasteiger charge is -2.06. The molecule has 0 aliphatic heterocycles. The Hall–Kier alpha value is -3.74. The van der Waals surface area contributed by atoms with Crippen molar-refractivity contribution in [1.29, 1.82) is 0 Å². The molecule has 33 heavy (non-hydrogen) atoms. The van der Waals surface area contributed by atoms with Gasteiger partial charge < -0.3 is 10.3 Å². The van der Waals surface area contributed by atoms with Crippen molar-refractivity contribution < 1.29 is 0 Å². The number of H-pyrrole nitrogens is 2. The van der Waals surface area contributed by atoms with Gasteiger partial charge in [-0.15, -0.1) is 0 Å². The minimum absolute atomic E-state index is 0.818. The third kappa shape index (κ3) is 3.63. The number of aromatic nitrogens is 4. The first kappa shape index (κ1) is 19.9. The molecule has 4 heterocycles. The van der Waals surface area contributed by atoms with E-state index in [0.717, 1.165) is 52.0 Å². The zero-order valence-corrected chi connectivity index (χ0v) is 19.0. The van der Waals surface area contributed by atoms with E-state index in [1.165, 1.54) is 22.1 Å². The summed E-state index contributed by atoms with van der Waals surface area (Å²) in [4.78, 5) is 8.04. The largest absolute Gasteiger partial charge is 0.353 e. The van der Waals surface area contributed by atoms with E-state index in [-0.39, 0.29) is 0 Å². The predicted octanol–water partition coefficient (Wildman–Crippen LogP) is 6.61. The van der Waals surface area contributed by atoms with Crippen molar-refractivity contribution in [3.8, 4) is 33.6 Å². The molecule has 0 atom stereocenters. The summed E-state index contributed by atoms with van der Waals surface area (Å²) in [6, 6.07) is 19.4. The van der Waals surface area contributed by atoms with Crippen LogP contribution >= 0.6 is 11.3 Å². The maximum absolute atomic E-state index is 4.67. The van der Waals surface area contributed by atoms with E-state index < -0.39 is 0 Å². The SMILES string of the molecule is CCNCc1cncc(-c2ccc3[nH]nc(-c4cc5c(-c6ccsc6)cccc5[nH]4)c3c2)c1. The van der Waals surface area contributed by atoms with Gasteiger partial charge in [-0.2, -0.15) is 16.4 Å². The Bertz CT molecular complexity index is 1560. The quantitative estimate of drug-likeness (QED) is 0.268. The first-order valence-electron chi connectivity index (χ1n) is 11.1. The van der Waals surface area contributed by atoms with E-state index in [4.69, 9.17) is 0 Å². The van der Waals surface area contributed by atoms with Crippen LogP contribution in [-0.4, -0.2) is 26.7 Å². The van der Waals surface area contributed by atoms with Gasteiger partial charge in [0.2, 0.25) is 0 Å². The van der Waals surface area contributed by atoms with Crippen LogP contribution in [0.5, 0.6) is 0 Å². The monoisotopic (exact) mass is 449 g/mol. The number of pyridine rings is 1. The number of nitrogens with zero attached hydrogens (tertiary/aromatic N) is 2. The van der Waals surface area contributed by atoms with E-state index >= 15 is 0 Å². The fourth-order valence-electron chi connectivity index (χ4n) is 4.36. The van der Waals surface area contributed by atoms with Gasteiger partial charge in [-0.25, -0.2) is 0 Å². The van der Waals surface area contributed by atoms with Crippen molar-refractivity contribution in [1.82, 2.24) is 25.5 Å². The number of rotatable bonds is 6. The maximum atomic E-state index is 4.67. The van der Waals surface area contributed by atoms with Gasteiger partial charge in [0.05, 0.1) is 11.2 Å². The Kier molecular flexibility index (Phi) is 5.02. The van der Waals surface area contributed by atoms with Gasteiger partial charge in [-0.3, -0.25) is 10.1 Å². The Morgan fingerprint density at radius 3 is 2.76 bits per heavy atom. The molecule has 162 valence electrons. The summed E-state index contributed by atoms with van der Waals surface area (Å²) in [5.74, 6) is 0. The molecule has 6 aromatic rings. The molecule has 0 amide bonds. The van der Waals surface area contributed by atoms with Crippen molar-refractivity contribution in [2.45, 2.75) is 13.5 Å². The second-order valence-corrected chi connectivity index (χ2v) is 8.94. The van der Waals surface area contributed by atoms with Crippen molar-refractivity contribution >= 4 is 33.1 Å². The summed E-state index contributed by atoms with van der Waals surface area (Å²) in [5, 5.41) is 17.8. The van der Waals surface area contributed by atoms with Crippen LogP contribution < -0.4 is 5.32 Å². The average molecular weight is 450 g/mol. The highest BCUT2D eigenvalue weighted by Gasteiger charge is 2.14. The van der Waals surface area contributed by atoms with Gasteiger partial charge in [-0.1, -0.05) is 25.1 Å². The number of thiophene rings is 1. The molecule has 0 aliphatic rings. The van der Waals surface area contributed by atoms with Gasteiger partial charge in [0.25, 0.3) is 0 Å². The van der Waals surface area contributed by atoms with Crippen LogP contribution in [0.2, 0.25) is 0 Å². The molecule has 6 heteroatoms. The number of benzene rings is 2. The third-order valence-corrected chi connectivity index (χ3v) is 6.70. The van der Waals surface area contributed by atoms with E-state index in [1.54, 1.807) is 11.3 Å². The molecule has 2 aromatic carbocycles. The third-order valence-electron chi connectivity index (χ3n) is 6.02. The van der Waals surface area contributed by atoms with Crippen molar-refractivity contribution in [3.63, 3.8) is 0 Å². The minimum atomic E-state index is 0.818. The smallest absolute Gasteiger partial charge is 0.116 e. The summed E-state index contributed by atoms with van der Waals surface area (Å²) in [6.45, 7) is 3.87. The number of fused-ring (bicyclic) bond motifs is 2. The fraction of sp³-hybridized carbons (Fsp3) is 0.111. The highest BCUT2D eigenvalue weighted by atomic mass is 32.1. The molecule has 0 bridgehead atoms. The number of hydrogen-bond donors (Lipinski definition) is 3. The molecule has 0 saturated heterocycles. The zero-order chi connectivity index (χ0) is 22.2. The van der Waals surface area contributed by atoms with E-state index in [9.17, 15) is 0 Å². The lowest BCUT2D eigenvalue weighted by molar-refractivity contribution is 0.724. The Morgan fingerprint density at radius 1 is 0.909 bits per heavy atom. The second kappa shape index (κ2) is 8.31. The molecule has 4 aromatic heterocycles. The predicted molar refractivity (Wildman–Crippen MR) is 137 cm³/mol. The molecule has 0 unspecified atom stereocenters. The Labute approximate surface area is 195 Å². The summed E-state index contributed by atoms with van der Waals surface area (Å²) in [6.07, 6.45) is 3.84. The molecular formula is C27H23N5S. The first-order chi connectivity index (χ1) is 16.3. The Morgan fingerprint density at radius 2 is 1.88 bits per heavy atom. The van der Waals surface area contributed by atoms with Crippen LogP contribution in [-0.2, 0) is 6.54 Å². The number of aromatic amines is 2. The van der Waals surface area contributed by atoms with Crippen LogP contribution in [0.3, 0.4) is 0 Å². The van der Waals surface area contributed by atoms with Gasteiger partial charge in [0.15, 0.2) is 0 Å².